The second-order valence-corrected chi connectivity index (χ2v) is 7.25. The van der Waals surface area contributed by atoms with Crippen molar-refractivity contribution < 1.29 is 13.3 Å². The van der Waals surface area contributed by atoms with Gasteiger partial charge < -0.3 is 5.32 Å². The van der Waals surface area contributed by atoms with Crippen LogP contribution >= 0.6 is 0 Å². The normalized spacial score (nSPS) is 16.8. The van der Waals surface area contributed by atoms with E-state index in [-0.39, 0.29) is 22.3 Å². The van der Waals surface area contributed by atoms with Gasteiger partial charge in [0.05, 0.1) is 10.6 Å². The van der Waals surface area contributed by atoms with E-state index in [0.717, 1.165) is 12.8 Å². The third-order valence-corrected chi connectivity index (χ3v) is 5.98. The zero-order chi connectivity index (χ0) is 15.8. The number of anilines is 1. The minimum atomic E-state index is -3.68. The molecule has 0 radical (unpaired) electrons. The van der Waals surface area contributed by atoms with E-state index in [0.29, 0.717) is 5.92 Å². The Labute approximate surface area is 124 Å². The van der Waals surface area contributed by atoms with Crippen LogP contribution in [0.15, 0.2) is 23.1 Å². The van der Waals surface area contributed by atoms with Crippen molar-refractivity contribution in [3.8, 4) is 0 Å². The van der Waals surface area contributed by atoms with Crippen LogP contribution < -0.4 is 5.32 Å². The highest BCUT2D eigenvalue weighted by Gasteiger charge is 2.37. The number of nitro groups is 1. The second-order valence-electron chi connectivity index (χ2n) is 5.29. The maximum absolute atomic E-state index is 12.7. The van der Waals surface area contributed by atoms with Crippen LogP contribution in [0.3, 0.4) is 0 Å². The summed E-state index contributed by atoms with van der Waals surface area (Å²) in [5.41, 5.74) is 0.0928. The standard InChI is InChI=1S/C13H19N3O4S/c1-9(10-4-5-10)15(3)21(19,20)13-7-6-11(16(17)18)8-12(13)14-2/h6-10,14H,4-5H2,1-3H3. The first-order valence-corrected chi connectivity index (χ1v) is 8.17. The van der Waals surface area contributed by atoms with Gasteiger partial charge in [-0.25, -0.2) is 8.42 Å². The lowest BCUT2D eigenvalue weighted by Crippen LogP contribution is -2.36. The Bertz CT molecular complexity index is 655. The van der Waals surface area contributed by atoms with Crippen molar-refractivity contribution in [3.05, 3.63) is 28.3 Å². The molecule has 0 aliphatic heterocycles. The number of nitro benzene ring substituents is 1. The van der Waals surface area contributed by atoms with Crippen LogP contribution in [0.25, 0.3) is 0 Å². The van der Waals surface area contributed by atoms with Gasteiger partial charge >= 0.3 is 0 Å². The van der Waals surface area contributed by atoms with Gasteiger partial charge in [0.2, 0.25) is 10.0 Å². The van der Waals surface area contributed by atoms with Crippen molar-refractivity contribution in [1.82, 2.24) is 4.31 Å². The van der Waals surface area contributed by atoms with E-state index < -0.39 is 14.9 Å². The van der Waals surface area contributed by atoms with Crippen molar-refractivity contribution in [2.45, 2.75) is 30.7 Å². The van der Waals surface area contributed by atoms with Gasteiger partial charge in [-0.05, 0) is 31.7 Å². The fourth-order valence-corrected chi connectivity index (χ4v) is 3.90. The number of nitrogens with one attached hydrogen (secondary N) is 1. The Morgan fingerprint density at radius 1 is 1.43 bits per heavy atom. The summed E-state index contributed by atoms with van der Waals surface area (Å²) in [7, 11) is -0.581. The molecule has 1 N–H and O–H groups in total. The molecule has 0 spiro atoms. The van der Waals surface area contributed by atoms with Crippen molar-refractivity contribution in [2.24, 2.45) is 5.92 Å². The quantitative estimate of drug-likeness (QED) is 0.641. The first-order valence-electron chi connectivity index (χ1n) is 6.73. The van der Waals surface area contributed by atoms with Crippen LogP contribution in [0.1, 0.15) is 19.8 Å². The highest BCUT2D eigenvalue weighted by molar-refractivity contribution is 7.89. The van der Waals surface area contributed by atoms with E-state index in [9.17, 15) is 18.5 Å². The summed E-state index contributed by atoms with van der Waals surface area (Å²) in [5.74, 6) is 0.404. The lowest BCUT2D eigenvalue weighted by molar-refractivity contribution is -0.384. The van der Waals surface area contributed by atoms with Gasteiger partial charge in [-0.3, -0.25) is 10.1 Å². The number of nitrogens with zero attached hydrogens (tertiary/aromatic N) is 2. The third-order valence-electron chi connectivity index (χ3n) is 3.98. The minimum absolute atomic E-state index is 0.0607. The van der Waals surface area contributed by atoms with E-state index in [1.807, 2.05) is 6.92 Å². The van der Waals surface area contributed by atoms with E-state index in [4.69, 9.17) is 0 Å². The molecular weight excluding hydrogens is 294 g/mol. The van der Waals surface area contributed by atoms with Crippen LogP contribution in [0, 0.1) is 16.0 Å². The Morgan fingerprint density at radius 2 is 2.05 bits per heavy atom. The lowest BCUT2D eigenvalue weighted by atomic mass is 10.2. The van der Waals surface area contributed by atoms with Gasteiger partial charge in [0.25, 0.3) is 5.69 Å². The average Bonchev–Trinajstić information content (AvgIpc) is 3.29. The Kier molecular flexibility index (Phi) is 4.20. The Hall–Kier alpha value is -1.67. The van der Waals surface area contributed by atoms with Crippen LogP contribution in [0.4, 0.5) is 11.4 Å². The number of hydrogen-bond acceptors (Lipinski definition) is 5. The molecule has 1 aromatic rings. The lowest BCUT2D eigenvalue weighted by Gasteiger charge is -2.25. The molecule has 0 saturated heterocycles. The monoisotopic (exact) mass is 313 g/mol. The SMILES string of the molecule is CNc1cc([N+](=O)[O-])ccc1S(=O)(=O)N(C)C(C)C1CC1. The predicted octanol–water partition coefficient (Wildman–Crippen LogP) is 2.06. The second kappa shape index (κ2) is 5.61. The summed E-state index contributed by atoms with van der Waals surface area (Å²) in [4.78, 5) is 10.3. The molecule has 21 heavy (non-hydrogen) atoms. The zero-order valence-corrected chi connectivity index (χ0v) is 13.1. The van der Waals surface area contributed by atoms with Crippen molar-refractivity contribution in [1.29, 1.82) is 0 Å². The molecule has 0 aromatic heterocycles. The van der Waals surface area contributed by atoms with E-state index in [1.165, 1.54) is 22.5 Å². The molecule has 2 rings (SSSR count). The van der Waals surface area contributed by atoms with Crippen LogP contribution in [0.2, 0.25) is 0 Å². The van der Waals surface area contributed by atoms with Crippen molar-refractivity contribution >= 4 is 21.4 Å². The number of rotatable bonds is 6. The van der Waals surface area contributed by atoms with E-state index >= 15 is 0 Å². The molecule has 7 nitrogen and oxygen atoms in total. The summed E-state index contributed by atoms with van der Waals surface area (Å²) in [6.45, 7) is 1.89. The number of benzene rings is 1. The molecule has 1 unspecified atom stereocenters. The molecule has 1 atom stereocenters. The predicted molar refractivity (Wildman–Crippen MR) is 79.8 cm³/mol. The summed E-state index contributed by atoms with van der Waals surface area (Å²) in [5, 5.41) is 13.5. The minimum Gasteiger partial charge on any atom is -0.387 e. The zero-order valence-electron chi connectivity index (χ0n) is 12.2. The molecule has 1 aliphatic carbocycles. The Morgan fingerprint density at radius 3 is 2.52 bits per heavy atom. The van der Waals surface area contributed by atoms with Gasteiger partial charge in [0.1, 0.15) is 4.90 Å². The topological polar surface area (TPSA) is 92.5 Å². The fourth-order valence-electron chi connectivity index (χ4n) is 2.30. The number of sulfonamides is 1. The largest absolute Gasteiger partial charge is 0.387 e. The highest BCUT2D eigenvalue weighted by atomic mass is 32.2. The molecule has 116 valence electrons. The van der Waals surface area contributed by atoms with E-state index in [1.54, 1.807) is 14.1 Å². The molecule has 8 heteroatoms. The number of hydrogen-bond donors (Lipinski definition) is 1. The van der Waals surface area contributed by atoms with Gasteiger partial charge in [-0.2, -0.15) is 4.31 Å². The van der Waals surface area contributed by atoms with Gasteiger partial charge in [-0.1, -0.05) is 0 Å². The highest BCUT2D eigenvalue weighted by Crippen LogP contribution is 2.37. The molecule has 0 amide bonds. The summed E-state index contributed by atoms with van der Waals surface area (Å²) in [6, 6.07) is 3.66. The molecule has 0 heterocycles. The maximum atomic E-state index is 12.7. The smallest absolute Gasteiger partial charge is 0.271 e. The van der Waals surface area contributed by atoms with Crippen molar-refractivity contribution in [2.75, 3.05) is 19.4 Å². The third kappa shape index (κ3) is 3.01. The molecule has 1 aromatic carbocycles. The molecule has 1 saturated carbocycles. The first kappa shape index (κ1) is 15.7. The van der Waals surface area contributed by atoms with Crippen LogP contribution in [-0.2, 0) is 10.0 Å². The average molecular weight is 313 g/mol. The molecule has 1 fully saturated rings. The van der Waals surface area contributed by atoms with Crippen LogP contribution in [-0.4, -0.2) is 37.8 Å². The molecule has 1 aliphatic rings. The fraction of sp³-hybridized carbons (Fsp3) is 0.538. The molecular formula is C13H19N3O4S. The first-order chi connectivity index (χ1) is 9.78. The van der Waals surface area contributed by atoms with E-state index in [2.05, 4.69) is 5.32 Å². The van der Waals surface area contributed by atoms with Crippen molar-refractivity contribution in [3.63, 3.8) is 0 Å². The van der Waals surface area contributed by atoms with Gasteiger partial charge in [0.15, 0.2) is 0 Å². The number of non-ortho nitro benzene ring substituents is 1. The van der Waals surface area contributed by atoms with Crippen LogP contribution in [0.5, 0.6) is 0 Å². The Balaban J connectivity index is 2.41. The van der Waals surface area contributed by atoms with Gasteiger partial charge in [-0.15, -0.1) is 0 Å². The van der Waals surface area contributed by atoms with Gasteiger partial charge in [0, 0.05) is 32.3 Å². The summed E-state index contributed by atoms with van der Waals surface area (Å²) < 4.78 is 26.7. The molecule has 0 bridgehead atoms. The summed E-state index contributed by atoms with van der Waals surface area (Å²) >= 11 is 0. The maximum Gasteiger partial charge on any atom is 0.271 e. The summed E-state index contributed by atoms with van der Waals surface area (Å²) in [6.07, 6.45) is 2.08.